The summed E-state index contributed by atoms with van der Waals surface area (Å²) in [5.74, 6) is 0.123. The van der Waals surface area contributed by atoms with E-state index in [4.69, 9.17) is 27.9 Å². The van der Waals surface area contributed by atoms with Crippen LogP contribution in [-0.2, 0) is 22.6 Å². The Hall–Kier alpha value is -2.24. The van der Waals surface area contributed by atoms with E-state index >= 15 is 0 Å². The van der Waals surface area contributed by atoms with Gasteiger partial charge in [-0.1, -0.05) is 67.6 Å². The number of nitrogens with zero attached hydrogens (tertiary/aromatic N) is 1. The van der Waals surface area contributed by atoms with Crippen LogP contribution in [0.2, 0.25) is 10.0 Å². The van der Waals surface area contributed by atoms with Crippen molar-refractivity contribution >= 4 is 35.0 Å². The lowest BCUT2D eigenvalue weighted by atomic mass is 9.95. The van der Waals surface area contributed by atoms with E-state index in [0.717, 1.165) is 32.1 Å². The maximum atomic E-state index is 13.2. The van der Waals surface area contributed by atoms with Gasteiger partial charge in [-0.25, -0.2) is 0 Å². The predicted octanol–water partition coefficient (Wildman–Crippen LogP) is 5.80. The smallest absolute Gasteiger partial charge is 0.261 e. The first-order valence-corrected chi connectivity index (χ1v) is 12.4. The van der Waals surface area contributed by atoms with Gasteiger partial charge < -0.3 is 15.0 Å². The van der Waals surface area contributed by atoms with Gasteiger partial charge in [-0.15, -0.1) is 0 Å². The standard InChI is InChI=1S/C26H32Cl2N2O3/c1-3-19-12-14-21(15-13-19)33-17-25(31)30(16-22-23(27)10-7-11-24(22)28)18(2)26(32)29-20-8-5-4-6-9-20/h7,10-15,18,20H,3-6,8-9,16-17H2,1-2H3,(H,29,32)/t18-/m1/s1. The van der Waals surface area contributed by atoms with E-state index in [1.54, 1.807) is 25.1 Å². The number of nitrogens with one attached hydrogen (secondary N) is 1. The summed E-state index contributed by atoms with van der Waals surface area (Å²) in [6.07, 6.45) is 6.30. The molecule has 1 atom stereocenters. The van der Waals surface area contributed by atoms with Crippen LogP contribution >= 0.6 is 23.2 Å². The molecule has 0 spiro atoms. The zero-order valence-corrected chi connectivity index (χ0v) is 20.8. The molecular formula is C26H32Cl2N2O3. The lowest BCUT2D eigenvalue weighted by Crippen LogP contribution is -2.51. The second-order valence-corrected chi connectivity index (χ2v) is 9.34. The number of carbonyl (C=O) groups excluding carboxylic acids is 2. The van der Waals surface area contributed by atoms with Crippen LogP contribution in [-0.4, -0.2) is 35.4 Å². The van der Waals surface area contributed by atoms with Crippen molar-refractivity contribution in [1.82, 2.24) is 10.2 Å². The summed E-state index contributed by atoms with van der Waals surface area (Å²) in [4.78, 5) is 27.8. The van der Waals surface area contributed by atoms with E-state index in [-0.39, 0.29) is 31.0 Å². The first kappa shape index (κ1) is 25.4. The minimum atomic E-state index is -0.696. The van der Waals surface area contributed by atoms with Crippen molar-refractivity contribution in [2.75, 3.05) is 6.61 Å². The molecule has 1 saturated carbocycles. The Kier molecular flexibility index (Phi) is 9.45. The van der Waals surface area contributed by atoms with Gasteiger partial charge in [0.15, 0.2) is 6.61 Å². The monoisotopic (exact) mass is 490 g/mol. The fourth-order valence-electron chi connectivity index (χ4n) is 4.05. The normalized spacial score (nSPS) is 15.0. The molecule has 1 N–H and O–H groups in total. The zero-order chi connectivity index (χ0) is 23.8. The van der Waals surface area contributed by atoms with Gasteiger partial charge in [0.1, 0.15) is 11.8 Å². The van der Waals surface area contributed by atoms with Crippen molar-refractivity contribution in [1.29, 1.82) is 0 Å². The number of hydrogen-bond donors (Lipinski definition) is 1. The van der Waals surface area contributed by atoms with Gasteiger partial charge in [-0.05, 0) is 56.0 Å². The van der Waals surface area contributed by atoms with E-state index in [9.17, 15) is 9.59 Å². The maximum absolute atomic E-state index is 13.2. The van der Waals surface area contributed by atoms with Crippen LogP contribution in [0.5, 0.6) is 5.75 Å². The molecule has 33 heavy (non-hydrogen) atoms. The van der Waals surface area contributed by atoms with E-state index in [1.165, 1.54) is 16.9 Å². The topological polar surface area (TPSA) is 58.6 Å². The van der Waals surface area contributed by atoms with Gasteiger partial charge in [0.2, 0.25) is 5.91 Å². The molecule has 0 heterocycles. The Balaban J connectivity index is 1.74. The van der Waals surface area contributed by atoms with Crippen LogP contribution in [0, 0.1) is 0 Å². The fourth-order valence-corrected chi connectivity index (χ4v) is 4.57. The average Bonchev–Trinajstić information content (AvgIpc) is 2.83. The first-order chi connectivity index (χ1) is 15.9. The molecule has 7 heteroatoms. The second-order valence-electron chi connectivity index (χ2n) is 8.53. The molecular weight excluding hydrogens is 459 g/mol. The summed E-state index contributed by atoms with van der Waals surface area (Å²) in [6.45, 7) is 3.75. The molecule has 2 aromatic rings. The zero-order valence-electron chi connectivity index (χ0n) is 19.3. The summed E-state index contributed by atoms with van der Waals surface area (Å²) in [6, 6.07) is 12.3. The fraction of sp³-hybridized carbons (Fsp3) is 0.462. The van der Waals surface area contributed by atoms with Gasteiger partial charge in [-0.3, -0.25) is 9.59 Å². The minimum absolute atomic E-state index is 0.120. The van der Waals surface area contributed by atoms with Crippen molar-refractivity contribution in [3.8, 4) is 5.75 Å². The number of rotatable bonds is 9. The first-order valence-electron chi connectivity index (χ1n) is 11.6. The summed E-state index contributed by atoms with van der Waals surface area (Å²) < 4.78 is 5.74. The highest BCUT2D eigenvalue weighted by Crippen LogP contribution is 2.27. The number of carbonyl (C=O) groups is 2. The van der Waals surface area contributed by atoms with E-state index in [1.807, 2.05) is 24.3 Å². The number of amides is 2. The highest BCUT2D eigenvalue weighted by molar-refractivity contribution is 6.36. The van der Waals surface area contributed by atoms with Crippen LogP contribution in [0.1, 0.15) is 57.1 Å². The molecule has 5 nitrogen and oxygen atoms in total. The predicted molar refractivity (Wildman–Crippen MR) is 133 cm³/mol. The van der Waals surface area contributed by atoms with Crippen molar-refractivity contribution in [2.24, 2.45) is 0 Å². The third kappa shape index (κ3) is 7.12. The Morgan fingerprint density at radius 1 is 1.06 bits per heavy atom. The highest BCUT2D eigenvalue weighted by Gasteiger charge is 2.29. The van der Waals surface area contributed by atoms with Crippen molar-refractivity contribution in [3.05, 3.63) is 63.6 Å². The van der Waals surface area contributed by atoms with Crippen LogP contribution < -0.4 is 10.1 Å². The third-order valence-corrected chi connectivity index (χ3v) is 6.91. The van der Waals surface area contributed by atoms with Crippen LogP contribution in [0.4, 0.5) is 0 Å². The van der Waals surface area contributed by atoms with Crippen LogP contribution in [0.3, 0.4) is 0 Å². The molecule has 0 bridgehead atoms. The van der Waals surface area contributed by atoms with E-state index < -0.39 is 6.04 Å². The Morgan fingerprint density at radius 3 is 2.30 bits per heavy atom. The lowest BCUT2D eigenvalue weighted by molar-refractivity contribution is -0.142. The molecule has 1 aliphatic carbocycles. The van der Waals surface area contributed by atoms with Gasteiger partial charge >= 0.3 is 0 Å². The van der Waals surface area contributed by atoms with Crippen molar-refractivity contribution < 1.29 is 14.3 Å². The number of ether oxygens (including phenoxy) is 1. The number of aryl methyl sites for hydroxylation is 1. The van der Waals surface area contributed by atoms with Crippen LogP contribution in [0.25, 0.3) is 0 Å². The summed E-state index contributed by atoms with van der Waals surface area (Å²) in [5.41, 5.74) is 1.80. The largest absolute Gasteiger partial charge is 0.484 e. The Morgan fingerprint density at radius 2 is 1.70 bits per heavy atom. The van der Waals surface area contributed by atoms with E-state index in [2.05, 4.69) is 12.2 Å². The molecule has 2 amide bonds. The average molecular weight is 491 g/mol. The molecule has 178 valence electrons. The molecule has 0 unspecified atom stereocenters. The maximum Gasteiger partial charge on any atom is 0.261 e. The Bertz CT molecular complexity index is 923. The van der Waals surface area contributed by atoms with Gasteiger partial charge in [0, 0.05) is 28.2 Å². The van der Waals surface area contributed by atoms with Crippen molar-refractivity contribution in [3.63, 3.8) is 0 Å². The minimum Gasteiger partial charge on any atom is -0.484 e. The van der Waals surface area contributed by atoms with E-state index in [0.29, 0.717) is 21.4 Å². The van der Waals surface area contributed by atoms with Crippen LogP contribution in [0.15, 0.2) is 42.5 Å². The molecule has 1 fully saturated rings. The van der Waals surface area contributed by atoms with Gasteiger partial charge in [0.25, 0.3) is 5.91 Å². The molecule has 3 rings (SSSR count). The molecule has 0 radical (unpaired) electrons. The SMILES string of the molecule is CCc1ccc(OCC(=O)N(Cc2c(Cl)cccc2Cl)[C@H](C)C(=O)NC2CCCCC2)cc1. The molecule has 0 aliphatic heterocycles. The molecule has 1 aliphatic rings. The number of hydrogen-bond acceptors (Lipinski definition) is 3. The summed E-state index contributed by atoms with van der Waals surface area (Å²) >= 11 is 12.7. The number of halogens is 2. The Labute approximate surface area is 206 Å². The second kappa shape index (κ2) is 12.3. The molecule has 0 saturated heterocycles. The lowest BCUT2D eigenvalue weighted by Gasteiger charge is -2.31. The summed E-state index contributed by atoms with van der Waals surface area (Å²) in [5, 5.41) is 4.03. The van der Waals surface area contributed by atoms with Gasteiger partial charge in [0.05, 0.1) is 0 Å². The third-order valence-electron chi connectivity index (χ3n) is 6.20. The van der Waals surface area contributed by atoms with Crippen molar-refractivity contribution in [2.45, 2.75) is 71.0 Å². The highest BCUT2D eigenvalue weighted by atomic mass is 35.5. The molecule has 0 aromatic heterocycles. The van der Waals surface area contributed by atoms with Gasteiger partial charge in [-0.2, -0.15) is 0 Å². The molecule has 2 aromatic carbocycles. The number of benzene rings is 2. The summed E-state index contributed by atoms with van der Waals surface area (Å²) in [7, 11) is 0. The quantitative estimate of drug-likeness (QED) is 0.482.